The number of aromatic nitrogens is 1. The molecule has 123 valence electrons. The van der Waals surface area contributed by atoms with Crippen LogP contribution in [0.2, 0.25) is 0 Å². The number of hydrogen-bond acceptors (Lipinski definition) is 1. The Labute approximate surface area is 161 Å². The summed E-state index contributed by atoms with van der Waals surface area (Å²) in [5, 5.41) is 0. The topological polar surface area (TPSA) is 12.9 Å². The molecule has 0 fully saturated rings. The van der Waals surface area contributed by atoms with Crippen LogP contribution in [0.25, 0.3) is 22.4 Å². The van der Waals surface area contributed by atoms with Crippen molar-refractivity contribution in [2.75, 3.05) is 0 Å². The maximum absolute atomic E-state index is 7.62. The molecule has 2 heteroatoms. The van der Waals surface area contributed by atoms with E-state index in [1.54, 1.807) is 18.3 Å². The van der Waals surface area contributed by atoms with Gasteiger partial charge in [0.25, 0.3) is 0 Å². The Kier molecular flexibility index (Phi) is 3.35. The van der Waals surface area contributed by atoms with Gasteiger partial charge in [0.2, 0.25) is 0 Å². The van der Waals surface area contributed by atoms with Crippen molar-refractivity contribution in [1.29, 1.82) is 0 Å². The van der Waals surface area contributed by atoms with Crippen molar-refractivity contribution >= 4 is 0 Å². The zero-order chi connectivity index (χ0) is 18.7. The first-order valence-electron chi connectivity index (χ1n) is 9.32. The third-order valence-electron chi connectivity index (χ3n) is 4.80. The van der Waals surface area contributed by atoms with Crippen molar-refractivity contribution < 1.29 is 24.2 Å². The van der Waals surface area contributed by atoms with E-state index in [2.05, 4.69) is 56.1 Å². The average Bonchev–Trinajstić information content (AvgIpc) is 2.81. The first-order chi connectivity index (χ1) is 12.2. The Morgan fingerprint density at radius 3 is 2.58 bits per heavy atom. The maximum atomic E-state index is 7.62. The first kappa shape index (κ1) is 13.5. The third kappa shape index (κ3) is 2.55. The Balaban J connectivity index is 0.00000210. The van der Waals surface area contributed by atoms with Crippen molar-refractivity contribution in [3.8, 4) is 22.4 Å². The van der Waals surface area contributed by atoms with E-state index in [1.165, 1.54) is 27.8 Å². The minimum absolute atomic E-state index is 0. The third-order valence-corrected chi connectivity index (χ3v) is 4.80. The van der Waals surface area contributed by atoms with Crippen LogP contribution in [-0.2, 0) is 25.5 Å². The van der Waals surface area contributed by atoms with Crippen LogP contribution in [-0.4, -0.2) is 4.98 Å². The Morgan fingerprint density at radius 1 is 1.00 bits per heavy atom. The van der Waals surface area contributed by atoms with Gasteiger partial charge in [-0.15, -0.1) is 29.3 Å². The number of aryl methyl sites for hydroxylation is 2. The Bertz CT molecular complexity index is 1020. The van der Waals surface area contributed by atoms with Crippen LogP contribution in [0.1, 0.15) is 40.2 Å². The van der Waals surface area contributed by atoms with E-state index in [-0.39, 0.29) is 25.5 Å². The summed E-state index contributed by atoms with van der Waals surface area (Å²) in [7, 11) is 0. The predicted molar refractivity (Wildman–Crippen MR) is 95.5 cm³/mol. The standard InChI is InChI=1S/C22H20N.Ir/c1-14-5-7-17-18-8-6-16(21-12-15(2)9-10-23-21)13-20(18)22(3,4)19(17)11-14;/h5,7-13H,1-4H3;/q-1;/i2D3;. The van der Waals surface area contributed by atoms with Gasteiger partial charge < -0.3 is 4.98 Å². The molecule has 0 saturated heterocycles. The second-order valence-electron chi connectivity index (χ2n) is 6.78. The van der Waals surface area contributed by atoms with Gasteiger partial charge in [-0.05, 0) is 36.5 Å². The number of nitrogens with zero attached hydrogens (tertiary/aromatic N) is 1. The normalized spacial score (nSPS) is 16.2. The largest absolute Gasteiger partial charge is 0.305 e. The van der Waals surface area contributed by atoms with Gasteiger partial charge in [-0.25, -0.2) is 0 Å². The van der Waals surface area contributed by atoms with Gasteiger partial charge in [0.1, 0.15) is 0 Å². The zero-order valence-corrected chi connectivity index (χ0v) is 16.3. The first-order valence-corrected chi connectivity index (χ1v) is 7.82. The molecular weight excluding hydrogens is 470 g/mol. The molecule has 0 bridgehead atoms. The monoisotopic (exact) mass is 494 g/mol. The number of pyridine rings is 1. The Morgan fingerprint density at radius 2 is 1.79 bits per heavy atom. The molecule has 0 N–H and O–H groups in total. The molecule has 1 aliphatic rings. The average molecular weight is 494 g/mol. The summed E-state index contributed by atoms with van der Waals surface area (Å²) >= 11 is 0. The van der Waals surface area contributed by atoms with E-state index in [4.69, 9.17) is 4.11 Å². The van der Waals surface area contributed by atoms with Gasteiger partial charge in [-0.1, -0.05) is 60.4 Å². The van der Waals surface area contributed by atoms with Crippen LogP contribution in [0, 0.1) is 19.8 Å². The summed E-state index contributed by atoms with van der Waals surface area (Å²) in [6.07, 6.45) is 1.56. The number of fused-ring (bicyclic) bond motifs is 3. The summed E-state index contributed by atoms with van der Waals surface area (Å²) in [6.45, 7) is 4.43. The minimum Gasteiger partial charge on any atom is -0.305 e. The SMILES string of the molecule is [2H]C([2H])([2H])c1ccnc(-c2[c-]cc3c(c2)C(C)(C)c2cc(C)ccc2-3)c1.[Ir]. The molecule has 1 aliphatic carbocycles. The van der Waals surface area contributed by atoms with E-state index in [1.807, 2.05) is 6.07 Å². The van der Waals surface area contributed by atoms with Gasteiger partial charge in [0.05, 0.1) is 0 Å². The van der Waals surface area contributed by atoms with E-state index in [0.717, 1.165) is 5.56 Å². The molecule has 1 aromatic heterocycles. The van der Waals surface area contributed by atoms with Gasteiger partial charge in [0.15, 0.2) is 0 Å². The van der Waals surface area contributed by atoms with Crippen molar-refractivity contribution in [1.82, 2.24) is 4.98 Å². The van der Waals surface area contributed by atoms with Crippen molar-refractivity contribution in [2.24, 2.45) is 0 Å². The molecule has 2 aromatic carbocycles. The van der Waals surface area contributed by atoms with Gasteiger partial charge in [-0.2, -0.15) is 0 Å². The molecule has 1 heterocycles. The number of hydrogen-bond donors (Lipinski definition) is 0. The summed E-state index contributed by atoms with van der Waals surface area (Å²) in [5.74, 6) is 0. The van der Waals surface area contributed by atoms with Crippen LogP contribution in [0.5, 0.6) is 0 Å². The van der Waals surface area contributed by atoms with E-state index in [0.29, 0.717) is 11.3 Å². The molecule has 0 amide bonds. The fourth-order valence-corrected chi connectivity index (χ4v) is 3.51. The van der Waals surface area contributed by atoms with Crippen molar-refractivity contribution in [3.63, 3.8) is 0 Å². The molecule has 0 atom stereocenters. The molecule has 0 saturated carbocycles. The summed E-state index contributed by atoms with van der Waals surface area (Å²) in [4.78, 5) is 4.38. The fraction of sp³-hybridized carbons (Fsp3) is 0.227. The van der Waals surface area contributed by atoms with Crippen molar-refractivity contribution in [3.05, 3.63) is 77.0 Å². The molecule has 24 heavy (non-hydrogen) atoms. The molecule has 0 spiro atoms. The second-order valence-corrected chi connectivity index (χ2v) is 6.78. The number of benzene rings is 2. The maximum Gasteiger partial charge on any atom is 0.0279 e. The van der Waals surface area contributed by atoms with E-state index in [9.17, 15) is 0 Å². The summed E-state index contributed by atoms with van der Waals surface area (Å²) in [6, 6.07) is 17.2. The van der Waals surface area contributed by atoms with Crippen LogP contribution in [0.4, 0.5) is 0 Å². The number of rotatable bonds is 1. The van der Waals surface area contributed by atoms with Crippen LogP contribution in [0.15, 0.2) is 48.7 Å². The summed E-state index contributed by atoms with van der Waals surface area (Å²) < 4.78 is 22.9. The van der Waals surface area contributed by atoms with Crippen molar-refractivity contribution in [2.45, 2.75) is 33.0 Å². The van der Waals surface area contributed by atoms with Gasteiger partial charge in [-0.3, -0.25) is 0 Å². The molecular formula is C22H20IrN-. The molecule has 0 unspecified atom stereocenters. The fourth-order valence-electron chi connectivity index (χ4n) is 3.51. The quantitative estimate of drug-likeness (QED) is 0.410. The van der Waals surface area contributed by atoms with Crippen LogP contribution >= 0.6 is 0 Å². The molecule has 3 aromatic rings. The van der Waals surface area contributed by atoms with E-state index >= 15 is 0 Å². The zero-order valence-electron chi connectivity index (χ0n) is 16.9. The smallest absolute Gasteiger partial charge is 0.0279 e. The molecule has 4 rings (SSSR count). The predicted octanol–water partition coefficient (Wildman–Crippen LogP) is 5.47. The summed E-state index contributed by atoms with van der Waals surface area (Å²) in [5.41, 5.74) is 7.91. The van der Waals surface area contributed by atoms with Crippen LogP contribution < -0.4 is 0 Å². The Hall–Kier alpha value is -1.76. The molecule has 1 radical (unpaired) electrons. The van der Waals surface area contributed by atoms with Gasteiger partial charge >= 0.3 is 0 Å². The van der Waals surface area contributed by atoms with E-state index < -0.39 is 6.85 Å². The molecule has 0 aliphatic heterocycles. The van der Waals surface area contributed by atoms with Crippen LogP contribution in [0.3, 0.4) is 0 Å². The minimum atomic E-state index is -2.14. The molecule has 1 nitrogen and oxygen atoms in total. The van der Waals surface area contributed by atoms with Gasteiger partial charge in [0, 0.05) is 30.4 Å². The second kappa shape index (κ2) is 5.95.